The van der Waals surface area contributed by atoms with E-state index in [0.29, 0.717) is 18.8 Å². The highest BCUT2D eigenvalue weighted by Crippen LogP contribution is 2.33. The predicted octanol–water partition coefficient (Wildman–Crippen LogP) is 3.64. The van der Waals surface area contributed by atoms with Crippen molar-refractivity contribution in [2.75, 3.05) is 7.11 Å². The lowest BCUT2D eigenvalue weighted by Gasteiger charge is -2.30. The standard InChI is InChI=1S/C17H28O4Si/c1-7-8-12(2)11-15(21-22(4,5)6)13-9-10-14(18)16(13)17(19)20-3/h7,12,15H,1,8-11H2,2-6H3/t12-,15-/m1/s1. The maximum absolute atomic E-state index is 12.0. The molecule has 4 nitrogen and oxygen atoms in total. The maximum Gasteiger partial charge on any atom is 0.341 e. The Balaban J connectivity index is 3.12. The van der Waals surface area contributed by atoms with E-state index in [2.05, 4.69) is 33.1 Å². The van der Waals surface area contributed by atoms with Crippen molar-refractivity contribution < 1.29 is 18.8 Å². The minimum Gasteiger partial charge on any atom is -0.465 e. The van der Waals surface area contributed by atoms with Crippen molar-refractivity contribution in [1.82, 2.24) is 0 Å². The van der Waals surface area contributed by atoms with E-state index in [1.165, 1.54) is 7.11 Å². The van der Waals surface area contributed by atoms with Gasteiger partial charge in [0.05, 0.1) is 13.2 Å². The van der Waals surface area contributed by atoms with E-state index >= 15 is 0 Å². The molecule has 0 radical (unpaired) electrons. The van der Waals surface area contributed by atoms with Crippen LogP contribution in [0.15, 0.2) is 23.8 Å². The molecule has 0 aliphatic heterocycles. The van der Waals surface area contributed by atoms with Crippen molar-refractivity contribution in [3.05, 3.63) is 23.8 Å². The summed E-state index contributed by atoms with van der Waals surface area (Å²) in [4.78, 5) is 24.0. The monoisotopic (exact) mass is 324 g/mol. The molecule has 2 atom stereocenters. The molecular weight excluding hydrogens is 296 g/mol. The van der Waals surface area contributed by atoms with Crippen LogP contribution in [0, 0.1) is 5.92 Å². The Hall–Kier alpha value is -1.20. The quantitative estimate of drug-likeness (QED) is 0.296. The first-order chi connectivity index (χ1) is 10.2. The lowest BCUT2D eigenvalue weighted by Crippen LogP contribution is -2.34. The van der Waals surface area contributed by atoms with E-state index in [1.807, 2.05) is 6.08 Å². The molecule has 0 aromatic rings. The molecule has 1 rings (SSSR count). The van der Waals surface area contributed by atoms with Gasteiger partial charge in [-0.25, -0.2) is 4.79 Å². The van der Waals surface area contributed by atoms with Gasteiger partial charge in [0.25, 0.3) is 0 Å². The Labute approximate surface area is 134 Å². The van der Waals surface area contributed by atoms with Crippen LogP contribution in [0.1, 0.15) is 32.6 Å². The van der Waals surface area contributed by atoms with Gasteiger partial charge in [-0.1, -0.05) is 13.0 Å². The number of allylic oxidation sites excluding steroid dienone is 1. The third kappa shape index (κ3) is 5.21. The molecule has 0 unspecified atom stereocenters. The Morgan fingerprint density at radius 1 is 1.36 bits per heavy atom. The summed E-state index contributed by atoms with van der Waals surface area (Å²) in [6, 6.07) is 0. The summed E-state index contributed by atoms with van der Waals surface area (Å²) in [6.45, 7) is 12.3. The van der Waals surface area contributed by atoms with E-state index in [-0.39, 0.29) is 17.5 Å². The molecule has 5 heteroatoms. The molecule has 0 fully saturated rings. The second-order valence-corrected chi connectivity index (χ2v) is 11.4. The number of esters is 1. The van der Waals surface area contributed by atoms with Crippen LogP contribution in [-0.4, -0.2) is 33.3 Å². The lowest BCUT2D eigenvalue weighted by atomic mass is 9.94. The molecule has 1 aliphatic carbocycles. The zero-order valence-corrected chi connectivity index (χ0v) is 15.4. The van der Waals surface area contributed by atoms with E-state index in [1.54, 1.807) is 0 Å². The van der Waals surface area contributed by atoms with Crippen molar-refractivity contribution in [1.29, 1.82) is 0 Å². The zero-order chi connectivity index (χ0) is 16.9. The van der Waals surface area contributed by atoms with Crippen LogP contribution >= 0.6 is 0 Å². The summed E-state index contributed by atoms with van der Waals surface area (Å²) in [6.07, 6.45) is 4.37. The van der Waals surface area contributed by atoms with Crippen molar-refractivity contribution in [3.63, 3.8) is 0 Å². The topological polar surface area (TPSA) is 52.6 Å². The second kappa shape index (κ2) is 7.88. The van der Waals surface area contributed by atoms with Gasteiger partial charge in [-0.3, -0.25) is 4.79 Å². The van der Waals surface area contributed by atoms with Crippen LogP contribution in [0.2, 0.25) is 19.6 Å². The summed E-state index contributed by atoms with van der Waals surface area (Å²) in [5.41, 5.74) is 1.05. The Kier molecular flexibility index (Phi) is 6.75. The Morgan fingerprint density at radius 2 is 2.00 bits per heavy atom. The fourth-order valence-electron chi connectivity index (χ4n) is 2.78. The SMILES string of the molecule is C=CC[C@@H](C)C[C@@H](O[Si](C)(C)C)C1=C(C(=O)OC)C(=O)CC1. The van der Waals surface area contributed by atoms with Crippen LogP contribution in [-0.2, 0) is 18.8 Å². The van der Waals surface area contributed by atoms with Gasteiger partial charge in [0, 0.05) is 6.42 Å². The van der Waals surface area contributed by atoms with Gasteiger partial charge in [-0.05, 0) is 50.4 Å². The van der Waals surface area contributed by atoms with Gasteiger partial charge in [0.15, 0.2) is 14.1 Å². The van der Waals surface area contributed by atoms with Crippen molar-refractivity contribution in [3.8, 4) is 0 Å². The average Bonchev–Trinajstić information content (AvgIpc) is 2.77. The molecule has 124 valence electrons. The molecule has 0 aromatic carbocycles. The molecule has 0 saturated carbocycles. The number of hydrogen-bond donors (Lipinski definition) is 0. The summed E-state index contributed by atoms with van der Waals surface area (Å²) in [5, 5.41) is 0. The molecular formula is C17H28O4Si. The highest BCUT2D eigenvalue weighted by Gasteiger charge is 2.36. The largest absolute Gasteiger partial charge is 0.465 e. The summed E-state index contributed by atoms with van der Waals surface area (Å²) in [5.74, 6) is -0.263. The number of carbonyl (C=O) groups excluding carboxylic acids is 2. The van der Waals surface area contributed by atoms with Crippen molar-refractivity contribution in [2.45, 2.75) is 58.4 Å². The van der Waals surface area contributed by atoms with Gasteiger partial charge in [-0.2, -0.15) is 0 Å². The van der Waals surface area contributed by atoms with Gasteiger partial charge < -0.3 is 9.16 Å². The molecule has 0 spiro atoms. The number of carbonyl (C=O) groups is 2. The number of ether oxygens (including phenoxy) is 1. The number of rotatable bonds is 8. The van der Waals surface area contributed by atoms with Crippen LogP contribution in [0.5, 0.6) is 0 Å². The van der Waals surface area contributed by atoms with Gasteiger partial charge in [0.1, 0.15) is 5.57 Å². The first-order valence-corrected chi connectivity index (χ1v) is 11.2. The number of methoxy groups -OCH3 is 1. The number of ketones is 1. The summed E-state index contributed by atoms with van der Waals surface area (Å²) in [7, 11) is -0.485. The molecule has 0 heterocycles. The first-order valence-electron chi connectivity index (χ1n) is 7.82. The minimum absolute atomic E-state index is 0.123. The Morgan fingerprint density at radius 3 is 2.50 bits per heavy atom. The second-order valence-electron chi connectivity index (χ2n) is 6.90. The van der Waals surface area contributed by atoms with Crippen LogP contribution in [0.25, 0.3) is 0 Å². The summed E-state index contributed by atoms with van der Waals surface area (Å²) >= 11 is 0. The molecule has 0 bridgehead atoms. The smallest absolute Gasteiger partial charge is 0.341 e. The third-order valence-electron chi connectivity index (χ3n) is 3.68. The highest BCUT2D eigenvalue weighted by molar-refractivity contribution is 6.69. The molecule has 0 aromatic heterocycles. The van der Waals surface area contributed by atoms with Gasteiger partial charge in [-0.15, -0.1) is 6.58 Å². The fraction of sp³-hybridized carbons (Fsp3) is 0.647. The molecule has 0 N–H and O–H groups in total. The van der Waals surface area contributed by atoms with Crippen LogP contribution < -0.4 is 0 Å². The van der Waals surface area contributed by atoms with Gasteiger partial charge in [0.2, 0.25) is 0 Å². The number of hydrogen-bond acceptors (Lipinski definition) is 4. The van der Waals surface area contributed by atoms with Crippen molar-refractivity contribution in [2.24, 2.45) is 5.92 Å². The van der Waals surface area contributed by atoms with Gasteiger partial charge >= 0.3 is 5.97 Å². The predicted molar refractivity (Wildman–Crippen MR) is 90.1 cm³/mol. The first kappa shape index (κ1) is 18.8. The molecule has 0 saturated heterocycles. The van der Waals surface area contributed by atoms with E-state index in [4.69, 9.17) is 9.16 Å². The zero-order valence-electron chi connectivity index (χ0n) is 14.4. The van der Waals surface area contributed by atoms with Crippen molar-refractivity contribution >= 4 is 20.1 Å². The van der Waals surface area contributed by atoms with Crippen LogP contribution in [0.3, 0.4) is 0 Å². The molecule has 0 amide bonds. The van der Waals surface area contributed by atoms with E-state index < -0.39 is 14.3 Å². The maximum atomic E-state index is 12.0. The fourth-order valence-corrected chi connectivity index (χ4v) is 3.87. The minimum atomic E-state index is -1.80. The van der Waals surface area contributed by atoms with E-state index in [9.17, 15) is 9.59 Å². The molecule has 22 heavy (non-hydrogen) atoms. The lowest BCUT2D eigenvalue weighted by molar-refractivity contribution is -0.137. The van der Waals surface area contributed by atoms with E-state index in [0.717, 1.165) is 18.4 Å². The van der Waals surface area contributed by atoms with Crippen LogP contribution in [0.4, 0.5) is 0 Å². The average molecular weight is 324 g/mol. The molecule has 1 aliphatic rings. The normalized spacial score (nSPS) is 18.3. The number of Topliss-reactive ketones (excluding diaryl/α,β-unsaturated/α-hetero) is 1. The Bertz CT molecular complexity index is 474. The summed E-state index contributed by atoms with van der Waals surface area (Å²) < 4.78 is 11.1. The third-order valence-corrected chi connectivity index (χ3v) is 4.67. The highest BCUT2D eigenvalue weighted by atomic mass is 28.4.